The van der Waals surface area contributed by atoms with Crippen molar-refractivity contribution in [3.05, 3.63) is 29.6 Å². The molecule has 1 heterocycles. The largest absolute Gasteiger partial charge is 0.301 e. The molecule has 1 aromatic heterocycles. The molecule has 68 valence electrons. The van der Waals surface area contributed by atoms with Crippen molar-refractivity contribution < 1.29 is 4.79 Å². The Morgan fingerprint density at radius 1 is 1.54 bits per heavy atom. The molecular formula is C10H12N2O. The fraction of sp³-hybridized carbons (Fsp3) is 0.300. The first-order chi connectivity index (χ1) is 6.15. The van der Waals surface area contributed by atoms with Gasteiger partial charge in [0.15, 0.2) is 0 Å². The molecule has 0 spiro atoms. The molecule has 3 heteroatoms. The highest BCUT2D eigenvalue weighted by Gasteiger charge is 2.10. The van der Waals surface area contributed by atoms with Crippen molar-refractivity contribution in [2.45, 2.75) is 20.3 Å². The van der Waals surface area contributed by atoms with Crippen molar-refractivity contribution in [1.82, 2.24) is 4.98 Å². The zero-order chi connectivity index (χ0) is 9.84. The summed E-state index contributed by atoms with van der Waals surface area (Å²) in [7, 11) is 0. The minimum atomic E-state index is -0.223. The van der Waals surface area contributed by atoms with Gasteiger partial charge in [-0.15, -0.1) is 0 Å². The minimum absolute atomic E-state index is 0.132. The van der Waals surface area contributed by atoms with Gasteiger partial charge in [-0.05, 0) is 25.0 Å². The molecule has 0 saturated heterocycles. The number of carbonyl (C=O) groups excluding carboxylic acids is 1. The van der Waals surface area contributed by atoms with Crippen molar-refractivity contribution in [2.75, 3.05) is 0 Å². The van der Waals surface area contributed by atoms with Gasteiger partial charge in [-0.1, -0.05) is 6.92 Å². The van der Waals surface area contributed by atoms with Gasteiger partial charge < -0.3 is 5.41 Å². The summed E-state index contributed by atoms with van der Waals surface area (Å²) in [5, 5.41) is 7.37. The van der Waals surface area contributed by atoms with E-state index in [0.29, 0.717) is 12.0 Å². The van der Waals surface area contributed by atoms with E-state index in [4.69, 9.17) is 5.41 Å². The number of aryl methyl sites for hydroxylation is 1. The molecule has 0 saturated carbocycles. The molecule has 0 unspecified atom stereocenters. The Kier molecular flexibility index (Phi) is 2.90. The standard InChI is InChI=1S/C10H12N2O/c1-3-9(11)10(13)8-4-7(2)5-12-6-8/h4-6,11H,3H2,1-2H3. The predicted octanol–water partition coefficient (Wildman–Crippen LogP) is 2.00. The summed E-state index contributed by atoms with van der Waals surface area (Å²) in [5.74, 6) is -0.223. The molecule has 0 bridgehead atoms. The van der Waals surface area contributed by atoms with Crippen LogP contribution in [-0.4, -0.2) is 16.5 Å². The number of hydrogen-bond acceptors (Lipinski definition) is 3. The quantitative estimate of drug-likeness (QED) is 0.565. The van der Waals surface area contributed by atoms with Gasteiger partial charge in [0.1, 0.15) is 0 Å². The molecule has 0 aliphatic rings. The molecule has 1 N–H and O–H groups in total. The summed E-state index contributed by atoms with van der Waals surface area (Å²) in [6, 6.07) is 1.75. The van der Waals surface area contributed by atoms with E-state index in [1.807, 2.05) is 6.92 Å². The zero-order valence-corrected chi connectivity index (χ0v) is 7.79. The number of hydrogen-bond donors (Lipinski definition) is 1. The average molecular weight is 176 g/mol. The Morgan fingerprint density at radius 3 is 2.77 bits per heavy atom. The van der Waals surface area contributed by atoms with E-state index in [9.17, 15) is 4.79 Å². The maximum Gasteiger partial charge on any atom is 0.208 e. The molecule has 3 nitrogen and oxygen atoms in total. The van der Waals surface area contributed by atoms with Gasteiger partial charge in [0.25, 0.3) is 0 Å². The monoisotopic (exact) mass is 176 g/mol. The Bertz CT molecular complexity index is 345. The third kappa shape index (κ3) is 2.21. The highest BCUT2D eigenvalue weighted by atomic mass is 16.1. The Balaban J connectivity index is 2.95. The van der Waals surface area contributed by atoms with Crippen LogP contribution in [0.5, 0.6) is 0 Å². The Labute approximate surface area is 77.3 Å². The van der Waals surface area contributed by atoms with Gasteiger partial charge in [0, 0.05) is 18.0 Å². The van der Waals surface area contributed by atoms with E-state index in [0.717, 1.165) is 5.56 Å². The Morgan fingerprint density at radius 2 is 2.23 bits per heavy atom. The van der Waals surface area contributed by atoms with Gasteiger partial charge in [0.2, 0.25) is 5.78 Å². The molecule has 0 aliphatic carbocycles. The molecule has 0 radical (unpaired) electrons. The summed E-state index contributed by atoms with van der Waals surface area (Å²) in [6.07, 6.45) is 3.65. The van der Waals surface area contributed by atoms with Gasteiger partial charge in [-0.25, -0.2) is 0 Å². The lowest BCUT2D eigenvalue weighted by Crippen LogP contribution is -2.12. The number of carbonyl (C=O) groups is 1. The number of Topliss-reactive ketones (excluding diaryl/α,β-unsaturated/α-hetero) is 1. The molecule has 0 atom stereocenters. The third-order valence-corrected chi connectivity index (χ3v) is 1.76. The fourth-order valence-corrected chi connectivity index (χ4v) is 1.01. The van der Waals surface area contributed by atoms with Crippen LogP contribution in [0.25, 0.3) is 0 Å². The molecular weight excluding hydrogens is 164 g/mol. The van der Waals surface area contributed by atoms with E-state index in [1.165, 1.54) is 6.20 Å². The first kappa shape index (κ1) is 9.58. The summed E-state index contributed by atoms with van der Waals surface area (Å²) < 4.78 is 0. The highest BCUT2D eigenvalue weighted by Crippen LogP contribution is 2.04. The normalized spacial score (nSPS) is 9.69. The first-order valence-electron chi connectivity index (χ1n) is 4.19. The van der Waals surface area contributed by atoms with Gasteiger partial charge in [-0.3, -0.25) is 9.78 Å². The number of pyridine rings is 1. The second kappa shape index (κ2) is 3.94. The van der Waals surface area contributed by atoms with Crippen LogP contribution >= 0.6 is 0 Å². The summed E-state index contributed by atoms with van der Waals surface area (Å²) in [4.78, 5) is 15.4. The summed E-state index contributed by atoms with van der Waals surface area (Å²) in [5.41, 5.74) is 1.58. The third-order valence-electron chi connectivity index (χ3n) is 1.76. The van der Waals surface area contributed by atoms with E-state index in [-0.39, 0.29) is 11.5 Å². The highest BCUT2D eigenvalue weighted by molar-refractivity contribution is 6.44. The van der Waals surface area contributed by atoms with E-state index in [1.54, 1.807) is 19.2 Å². The van der Waals surface area contributed by atoms with Gasteiger partial charge >= 0.3 is 0 Å². The number of nitrogens with zero attached hydrogens (tertiary/aromatic N) is 1. The topological polar surface area (TPSA) is 53.8 Å². The smallest absolute Gasteiger partial charge is 0.208 e. The molecule has 1 aromatic rings. The van der Waals surface area contributed by atoms with Crippen LogP contribution in [0.3, 0.4) is 0 Å². The van der Waals surface area contributed by atoms with Crippen molar-refractivity contribution >= 4 is 11.5 Å². The van der Waals surface area contributed by atoms with Crippen LogP contribution in [0.1, 0.15) is 29.3 Å². The molecule has 0 aliphatic heterocycles. The lowest BCUT2D eigenvalue weighted by atomic mass is 10.1. The van der Waals surface area contributed by atoms with Crippen molar-refractivity contribution in [2.24, 2.45) is 0 Å². The maximum absolute atomic E-state index is 11.5. The van der Waals surface area contributed by atoms with Crippen LogP contribution in [0.15, 0.2) is 18.5 Å². The lowest BCUT2D eigenvalue weighted by Gasteiger charge is -2.00. The Hall–Kier alpha value is -1.51. The maximum atomic E-state index is 11.5. The number of rotatable bonds is 3. The summed E-state index contributed by atoms with van der Waals surface area (Å²) >= 11 is 0. The number of nitrogens with one attached hydrogen (secondary N) is 1. The first-order valence-corrected chi connectivity index (χ1v) is 4.19. The van der Waals surface area contributed by atoms with Crippen LogP contribution < -0.4 is 0 Å². The fourth-order valence-electron chi connectivity index (χ4n) is 1.01. The molecule has 1 rings (SSSR count). The van der Waals surface area contributed by atoms with E-state index in [2.05, 4.69) is 4.98 Å². The lowest BCUT2D eigenvalue weighted by molar-refractivity contribution is 0.106. The van der Waals surface area contributed by atoms with Crippen molar-refractivity contribution in [3.8, 4) is 0 Å². The second-order valence-electron chi connectivity index (χ2n) is 2.91. The van der Waals surface area contributed by atoms with Crippen LogP contribution in [0.2, 0.25) is 0 Å². The van der Waals surface area contributed by atoms with Crippen molar-refractivity contribution in [3.63, 3.8) is 0 Å². The predicted molar refractivity (Wildman–Crippen MR) is 51.3 cm³/mol. The molecule has 0 aromatic carbocycles. The van der Waals surface area contributed by atoms with Gasteiger partial charge in [-0.2, -0.15) is 0 Å². The van der Waals surface area contributed by atoms with Crippen molar-refractivity contribution in [1.29, 1.82) is 5.41 Å². The van der Waals surface area contributed by atoms with Crippen LogP contribution in [0.4, 0.5) is 0 Å². The van der Waals surface area contributed by atoms with Crippen LogP contribution in [0, 0.1) is 12.3 Å². The molecule has 0 amide bonds. The zero-order valence-electron chi connectivity index (χ0n) is 7.79. The second-order valence-corrected chi connectivity index (χ2v) is 2.91. The van der Waals surface area contributed by atoms with E-state index < -0.39 is 0 Å². The molecule has 0 fully saturated rings. The molecule has 13 heavy (non-hydrogen) atoms. The average Bonchev–Trinajstić information content (AvgIpc) is 2.15. The number of ketones is 1. The van der Waals surface area contributed by atoms with Crippen LogP contribution in [-0.2, 0) is 0 Å². The SMILES string of the molecule is CCC(=N)C(=O)c1cncc(C)c1. The number of aromatic nitrogens is 1. The minimum Gasteiger partial charge on any atom is -0.301 e. The summed E-state index contributed by atoms with van der Waals surface area (Å²) in [6.45, 7) is 3.67. The van der Waals surface area contributed by atoms with Gasteiger partial charge in [0.05, 0.1) is 5.71 Å². The van der Waals surface area contributed by atoms with E-state index >= 15 is 0 Å².